The number of nitrogens with one attached hydrogen (secondary N) is 1. The van der Waals surface area contributed by atoms with E-state index in [1.807, 2.05) is 36.5 Å². The summed E-state index contributed by atoms with van der Waals surface area (Å²) in [6, 6.07) is 4.53. The van der Waals surface area contributed by atoms with Crippen molar-refractivity contribution in [2.24, 2.45) is 13.0 Å². The van der Waals surface area contributed by atoms with Crippen LogP contribution in [0.25, 0.3) is 22.0 Å². The summed E-state index contributed by atoms with van der Waals surface area (Å²) in [5.74, 6) is 1.08. The van der Waals surface area contributed by atoms with Gasteiger partial charge in [0, 0.05) is 49.4 Å². The highest BCUT2D eigenvalue weighted by molar-refractivity contribution is 5.92. The second-order valence-electron chi connectivity index (χ2n) is 8.14. The van der Waals surface area contributed by atoms with Crippen molar-refractivity contribution in [2.45, 2.75) is 52.7 Å². The van der Waals surface area contributed by atoms with Crippen molar-refractivity contribution in [3.63, 3.8) is 0 Å². The van der Waals surface area contributed by atoms with Gasteiger partial charge >= 0.3 is 0 Å². The highest BCUT2D eigenvalue weighted by Gasteiger charge is 2.29. The maximum absolute atomic E-state index is 11.6. The lowest BCUT2D eigenvalue weighted by molar-refractivity contribution is -0.119. The van der Waals surface area contributed by atoms with Gasteiger partial charge in [0.05, 0.1) is 17.1 Å². The van der Waals surface area contributed by atoms with E-state index in [-0.39, 0.29) is 17.9 Å². The summed E-state index contributed by atoms with van der Waals surface area (Å²) in [5, 5.41) is 13.1. The van der Waals surface area contributed by atoms with Gasteiger partial charge in [-0.05, 0) is 44.9 Å². The fourth-order valence-corrected chi connectivity index (χ4v) is 3.87. The molecule has 7 heteroatoms. The Morgan fingerprint density at radius 3 is 2.79 bits per heavy atom. The summed E-state index contributed by atoms with van der Waals surface area (Å²) in [6.45, 7) is 9.07. The maximum Gasteiger partial charge on any atom is 0.220 e. The number of benzene rings is 1. The lowest BCUT2D eigenvalue weighted by Crippen LogP contribution is -2.25. The topological polar surface area (TPSA) is 74.0 Å². The van der Waals surface area contributed by atoms with E-state index in [4.69, 9.17) is 4.74 Å². The van der Waals surface area contributed by atoms with Gasteiger partial charge in [0.15, 0.2) is 0 Å². The van der Waals surface area contributed by atoms with Crippen molar-refractivity contribution in [3.05, 3.63) is 30.2 Å². The molecule has 0 bridgehead atoms. The number of hydrogen-bond acceptors (Lipinski definition) is 4. The first-order chi connectivity index (χ1) is 13.9. The lowest BCUT2D eigenvalue weighted by Gasteiger charge is -2.20. The largest absolute Gasteiger partial charge is 0.490 e. The summed E-state index contributed by atoms with van der Waals surface area (Å²) in [4.78, 5) is 11.6. The molecule has 1 fully saturated rings. The van der Waals surface area contributed by atoms with Crippen LogP contribution in [0.3, 0.4) is 0 Å². The molecule has 1 aliphatic heterocycles. The number of ether oxygens (including phenoxy) is 1. The minimum Gasteiger partial charge on any atom is -0.490 e. The van der Waals surface area contributed by atoms with Gasteiger partial charge < -0.3 is 10.1 Å². The Balaban J connectivity index is 1.73. The van der Waals surface area contributed by atoms with E-state index in [1.165, 1.54) is 0 Å². The van der Waals surface area contributed by atoms with Crippen LogP contribution in [0, 0.1) is 12.8 Å². The van der Waals surface area contributed by atoms with E-state index in [0.717, 1.165) is 39.9 Å². The molecule has 154 valence electrons. The Kier molecular flexibility index (Phi) is 5.06. The molecule has 1 N–H and O–H groups in total. The zero-order valence-corrected chi connectivity index (χ0v) is 17.8. The predicted octanol–water partition coefficient (Wildman–Crippen LogP) is 3.62. The predicted molar refractivity (Wildman–Crippen MR) is 113 cm³/mol. The van der Waals surface area contributed by atoms with Gasteiger partial charge in [0.1, 0.15) is 11.9 Å². The molecule has 3 aromatic rings. The third-order valence-corrected chi connectivity index (χ3v) is 6.15. The number of aryl methyl sites for hydroxylation is 2. The van der Waals surface area contributed by atoms with Gasteiger partial charge in [-0.25, -0.2) is 0 Å². The van der Waals surface area contributed by atoms with Crippen LogP contribution in [0.15, 0.2) is 24.5 Å². The van der Waals surface area contributed by atoms with E-state index in [0.29, 0.717) is 19.0 Å². The third kappa shape index (κ3) is 3.61. The van der Waals surface area contributed by atoms with E-state index < -0.39 is 0 Å². The van der Waals surface area contributed by atoms with E-state index in [9.17, 15) is 4.79 Å². The van der Waals surface area contributed by atoms with E-state index in [1.54, 1.807) is 0 Å². The maximum atomic E-state index is 11.6. The minimum absolute atomic E-state index is 0.0742. The number of rotatable bonds is 6. The molecule has 4 rings (SSSR count). The highest BCUT2D eigenvalue weighted by Crippen LogP contribution is 2.36. The number of amides is 1. The third-order valence-electron chi connectivity index (χ3n) is 6.15. The van der Waals surface area contributed by atoms with E-state index >= 15 is 0 Å². The number of aromatic nitrogens is 4. The first kappa shape index (κ1) is 19.5. The number of fused-ring (bicyclic) bond motifs is 1. The number of nitrogens with zero attached hydrogens (tertiary/aromatic N) is 4. The second-order valence-corrected chi connectivity index (χ2v) is 8.14. The molecule has 0 aliphatic carbocycles. The van der Waals surface area contributed by atoms with Crippen molar-refractivity contribution < 1.29 is 9.53 Å². The van der Waals surface area contributed by atoms with E-state index in [2.05, 4.69) is 47.7 Å². The molecule has 1 saturated heterocycles. The zero-order chi connectivity index (χ0) is 20.7. The standard InChI is InChI=1S/C22H29N5O2/c1-6-13(2)27-12-18(11-24-27)16-7-19-22(14(3)26(5)25-19)20(8-16)29-15(4)17-9-21(28)23-10-17/h7-8,11-13,15,17H,6,9-10H2,1-5H3,(H,23,28). The Morgan fingerprint density at radius 2 is 2.10 bits per heavy atom. The van der Waals surface area contributed by atoms with Crippen LogP contribution in [0.2, 0.25) is 0 Å². The highest BCUT2D eigenvalue weighted by atomic mass is 16.5. The summed E-state index contributed by atoms with van der Waals surface area (Å²) >= 11 is 0. The molecule has 1 amide bonds. The van der Waals surface area contributed by atoms with Crippen LogP contribution in [-0.2, 0) is 11.8 Å². The fourth-order valence-electron chi connectivity index (χ4n) is 3.87. The molecule has 2 aromatic heterocycles. The van der Waals surface area contributed by atoms with Crippen molar-refractivity contribution in [2.75, 3.05) is 6.54 Å². The molecule has 0 radical (unpaired) electrons. The Labute approximate surface area is 171 Å². The Hall–Kier alpha value is -2.83. The zero-order valence-electron chi connectivity index (χ0n) is 17.8. The van der Waals surface area contributed by atoms with Crippen molar-refractivity contribution >= 4 is 16.8 Å². The molecular formula is C22H29N5O2. The van der Waals surface area contributed by atoms with Gasteiger partial charge in [0.2, 0.25) is 5.91 Å². The van der Waals surface area contributed by atoms with Crippen molar-refractivity contribution in [3.8, 4) is 16.9 Å². The smallest absolute Gasteiger partial charge is 0.220 e. The lowest BCUT2D eigenvalue weighted by atomic mass is 10.0. The summed E-state index contributed by atoms with van der Waals surface area (Å²) < 4.78 is 10.3. The molecule has 0 saturated carbocycles. The molecule has 29 heavy (non-hydrogen) atoms. The van der Waals surface area contributed by atoms with Crippen molar-refractivity contribution in [1.82, 2.24) is 24.9 Å². The van der Waals surface area contributed by atoms with Crippen LogP contribution in [0.1, 0.15) is 45.3 Å². The average Bonchev–Trinajstić information content (AvgIpc) is 3.41. The molecule has 0 spiro atoms. The number of carbonyl (C=O) groups excluding carboxylic acids is 1. The molecule has 1 aliphatic rings. The van der Waals surface area contributed by atoms with Crippen molar-refractivity contribution in [1.29, 1.82) is 0 Å². The quantitative estimate of drug-likeness (QED) is 0.692. The summed E-state index contributed by atoms with van der Waals surface area (Å²) in [6.07, 6.45) is 5.44. The first-order valence-corrected chi connectivity index (χ1v) is 10.3. The van der Waals surface area contributed by atoms with Gasteiger partial charge in [0.25, 0.3) is 0 Å². The Bertz CT molecular complexity index is 1050. The Morgan fingerprint density at radius 1 is 1.31 bits per heavy atom. The normalized spacial score (nSPS) is 18.8. The van der Waals surface area contributed by atoms with Gasteiger partial charge in [-0.2, -0.15) is 10.2 Å². The molecule has 3 unspecified atom stereocenters. The number of carbonyl (C=O) groups is 1. The minimum atomic E-state index is -0.0742. The molecule has 7 nitrogen and oxygen atoms in total. The SMILES string of the molecule is CCC(C)n1cc(-c2cc(OC(C)C3CNC(=O)C3)c3c(C)n(C)nc3c2)cn1. The second kappa shape index (κ2) is 7.54. The average molecular weight is 396 g/mol. The fraction of sp³-hybridized carbons (Fsp3) is 0.500. The van der Waals surface area contributed by atoms with Crippen LogP contribution in [-0.4, -0.2) is 38.1 Å². The van der Waals surface area contributed by atoms with Crippen LogP contribution in [0.4, 0.5) is 0 Å². The van der Waals surface area contributed by atoms with Crippen LogP contribution >= 0.6 is 0 Å². The molecular weight excluding hydrogens is 366 g/mol. The van der Waals surface area contributed by atoms with Gasteiger partial charge in [-0.15, -0.1) is 0 Å². The van der Waals surface area contributed by atoms with Gasteiger partial charge in [-0.3, -0.25) is 14.2 Å². The van der Waals surface area contributed by atoms with Gasteiger partial charge in [-0.1, -0.05) is 6.92 Å². The summed E-state index contributed by atoms with van der Waals surface area (Å²) in [5.41, 5.74) is 4.05. The van der Waals surface area contributed by atoms with Crippen LogP contribution in [0.5, 0.6) is 5.75 Å². The molecule has 1 aromatic carbocycles. The first-order valence-electron chi connectivity index (χ1n) is 10.3. The molecule has 3 atom stereocenters. The number of hydrogen-bond donors (Lipinski definition) is 1. The monoisotopic (exact) mass is 395 g/mol. The summed E-state index contributed by atoms with van der Waals surface area (Å²) in [7, 11) is 1.95. The van der Waals surface area contributed by atoms with Crippen LogP contribution < -0.4 is 10.1 Å². The molecule has 3 heterocycles.